The molecule has 108 valence electrons. The average molecular weight is 265 g/mol. The van der Waals surface area contributed by atoms with Crippen molar-refractivity contribution in [2.24, 2.45) is 11.8 Å². The molecule has 4 heteroatoms. The molecule has 2 aliphatic heterocycles. The molecule has 3 fully saturated rings. The maximum Gasteiger partial charge on any atom is 0.241 e. The molecule has 19 heavy (non-hydrogen) atoms. The Balaban J connectivity index is 1.61. The number of rotatable bonds is 3. The minimum atomic E-state index is 0.142. The molecular formula is C15H27N3O. The second-order valence-electron chi connectivity index (χ2n) is 6.94. The zero-order chi connectivity index (χ0) is 13.6. The highest BCUT2D eigenvalue weighted by Gasteiger charge is 2.52. The Labute approximate surface area is 116 Å². The second kappa shape index (κ2) is 5.06. The molecule has 2 unspecified atom stereocenters. The first-order chi connectivity index (χ1) is 9.08. The van der Waals surface area contributed by atoms with E-state index in [-0.39, 0.29) is 6.04 Å². The SMILES string of the molecule is CC(C)C1CN(C(=O)C2N[C@H]2C2CC2)CCCN1C. The Bertz CT molecular complexity index is 353. The number of carbonyl (C=O) groups excluding carboxylic acids is 1. The third-order valence-electron chi connectivity index (χ3n) is 5.01. The molecule has 0 spiro atoms. The fourth-order valence-electron chi connectivity index (χ4n) is 3.49. The van der Waals surface area contributed by atoms with Crippen molar-refractivity contribution in [1.82, 2.24) is 15.1 Å². The van der Waals surface area contributed by atoms with E-state index in [1.54, 1.807) is 0 Å². The summed E-state index contributed by atoms with van der Waals surface area (Å²) in [6.07, 6.45) is 3.74. The lowest BCUT2D eigenvalue weighted by molar-refractivity contribution is -0.131. The van der Waals surface area contributed by atoms with Crippen LogP contribution in [0.2, 0.25) is 0 Å². The van der Waals surface area contributed by atoms with Crippen LogP contribution in [0.1, 0.15) is 33.1 Å². The third-order valence-corrected chi connectivity index (χ3v) is 5.01. The molecular weight excluding hydrogens is 238 g/mol. The predicted molar refractivity (Wildman–Crippen MR) is 75.9 cm³/mol. The van der Waals surface area contributed by atoms with Crippen molar-refractivity contribution in [2.75, 3.05) is 26.7 Å². The van der Waals surface area contributed by atoms with Gasteiger partial charge in [0.2, 0.25) is 5.91 Å². The van der Waals surface area contributed by atoms with E-state index in [9.17, 15) is 4.79 Å². The van der Waals surface area contributed by atoms with E-state index in [2.05, 4.69) is 36.0 Å². The standard InChI is InChI=1S/C15H27N3O/c1-10(2)12-9-18(8-4-7-17(12)3)15(19)14-13(16-14)11-5-6-11/h10-14,16H,4-9H2,1-3H3/t12?,13-,14?/m0/s1. The molecule has 3 atom stereocenters. The van der Waals surface area contributed by atoms with Crippen molar-refractivity contribution in [1.29, 1.82) is 0 Å². The number of likely N-dealkylation sites (N-methyl/N-ethyl adjacent to an activating group) is 1. The average Bonchev–Trinajstić information content (AvgIpc) is 3.21. The highest BCUT2D eigenvalue weighted by Crippen LogP contribution is 2.40. The van der Waals surface area contributed by atoms with E-state index in [0.29, 0.717) is 23.9 Å². The summed E-state index contributed by atoms with van der Waals surface area (Å²) in [5.41, 5.74) is 0. The van der Waals surface area contributed by atoms with Crippen molar-refractivity contribution in [3.8, 4) is 0 Å². The monoisotopic (exact) mass is 265 g/mol. The Morgan fingerprint density at radius 1 is 1.26 bits per heavy atom. The summed E-state index contributed by atoms with van der Waals surface area (Å²) in [6.45, 7) is 7.47. The van der Waals surface area contributed by atoms with E-state index in [0.717, 1.165) is 32.0 Å². The number of carbonyl (C=O) groups is 1. The zero-order valence-corrected chi connectivity index (χ0v) is 12.4. The van der Waals surface area contributed by atoms with E-state index < -0.39 is 0 Å². The van der Waals surface area contributed by atoms with Crippen LogP contribution < -0.4 is 5.32 Å². The second-order valence-corrected chi connectivity index (χ2v) is 6.94. The van der Waals surface area contributed by atoms with Gasteiger partial charge in [-0.05, 0) is 44.7 Å². The lowest BCUT2D eigenvalue weighted by Crippen LogP contribution is -2.45. The van der Waals surface area contributed by atoms with Gasteiger partial charge >= 0.3 is 0 Å². The zero-order valence-electron chi connectivity index (χ0n) is 12.4. The molecule has 0 aromatic rings. The maximum absolute atomic E-state index is 12.6. The molecule has 3 aliphatic rings. The Morgan fingerprint density at radius 3 is 2.63 bits per heavy atom. The molecule has 2 heterocycles. The molecule has 1 aliphatic carbocycles. The van der Waals surface area contributed by atoms with Gasteiger partial charge in [0.1, 0.15) is 6.04 Å². The van der Waals surface area contributed by atoms with Crippen LogP contribution in [0.25, 0.3) is 0 Å². The van der Waals surface area contributed by atoms with Crippen molar-refractivity contribution in [3.63, 3.8) is 0 Å². The number of hydrogen-bond donors (Lipinski definition) is 1. The molecule has 3 rings (SSSR count). The Morgan fingerprint density at radius 2 is 2.00 bits per heavy atom. The topological polar surface area (TPSA) is 45.5 Å². The van der Waals surface area contributed by atoms with Gasteiger partial charge in [0.15, 0.2) is 0 Å². The van der Waals surface area contributed by atoms with Crippen LogP contribution in [0, 0.1) is 11.8 Å². The molecule has 2 saturated heterocycles. The van der Waals surface area contributed by atoms with Gasteiger partial charge in [-0.1, -0.05) is 13.8 Å². The molecule has 0 bridgehead atoms. The first-order valence-electron chi connectivity index (χ1n) is 7.83. The first-order valence-corrected chi connectivity index (χ1v) is 7.83. The molecule has 4 nitrogen and oxygen atoms in total. The Kier molecular flexibility index (Phi) is 3.56. The third kappa shape index (κ3) is 2.79. The fourth-order valence-corrected chi connectivity index (χ4v) is 3.49. The minimum absolute atomic E-state index is 0.142. The van der Waals surface area contributed by atoms with Crippen LogP contribution in [-0.4, -0.2) is 60.5 Å². The largest absolute Gasteiger partial charge is 0.340 e. The summed E-state index contributed by atoms with van der Waals surface area (Å²) in [4.78, 5) is 17.1. The highest BCUT2D eigenvalue weighted by atomic mass is 16.2. The lowest BCUT2D eigenvalue weighted by atomic mass is 10.0. The van der Waals surface area contributed by atoms with Crippen molar-refractivity contribution in [3.05, 3.63) is 0 Å². The maximum atomic E-state index is 12.6. The highest BCUT2D eigenvalue weighted by molar-refractivity contribution is 5.86. The minimum Gasteiger partial charge on any atom is -0.340 e. The van der Waals surface area contributed by atoms with Gasteiger partial charge in [0.05, 0.1) is 0 Å². The van der Waals surface area contributed by atoms with Gasteiger partial charge in [-0.2, -0.15) is 0 Å². The van der Waals surface area contributed by atoms with Crippen LogP contribution in [0.4, 0.5) is 0 Å². The van der Waals surface area contributed by atoms with Gasteiger partial charge in [-0.3, -0.25) is 10.1 Å². The van der Waals surface area contributed by atoms with Crippen LogP contribution in [-0.2, 0) is 4.79 Å². The number of amides is 1. The van der Waals surface area contributed by atoms with Crippen molar-refractivity contribution >= 4 is 5.91 Å². The predicted octanol–water partition coefficient (Wildman–Crippen LogP) is 0.926. The number of nitrogens with one attached hydrogen (secondary N) is 1. The summed E-state index contributed by atoms with van der Waals surface area (Å²) in [6, 6.07) is 1.15. The molecule has 0 aromatic carbocycles. The molecule has 1 N–H and O–H groups in total. The van der Waals surface area contributed by atoms with E-state index in [4.69, 9.17) is 0 Å². The summed E-state index contributed by atoms with van der Waals surface area (Å²) in [5.74, 6) is 1.76. The van der Waals surface area contributed by atoms with E-state index >= 15 is 0 Å². The quantitative estimate of drug-likeness (QED) is 0.772. The fraction of sp³-hybridized carbons (Fsp3) is 0.933. The van der Waals surface area contributed by atoms with E-state index in [1.807, 2.05) is 0 Å². The van der Waals surface area contributed by atoms with Gasteiger partial charge in [0.25, 0.3) is 0 Å². The molecule has 1 saturated carbocycles. The molecule has 0 radical (unpaired) electrons. The van der Waals surface area contributed by atoms with Gasteiger partial charge in [0, 0.05) is 25.2 Å². The van der Waals surface area contributed by atoms with Gasteiger partial charge in [-0.15, -0.1) is 0 Å². The van der Waals surface area contributed by atoms with Crippen LogP contribution in [0.3, 0.4) is 0 Å². The van der Waals surface area contributed by atoms with Crippen LogP contribution in [0.5, 0.6) is 0 Å². The summed E-state index contributed by atoms with van der Waals surface area (Å²) < 4.78 is 0. The van der Waals surface area contributed by atoms with Crippen LogP contribution in [0.15, 0.2) is 0 Å². The Hall–Kier alpha value is -0.610. The summed E-state index contributed by atoms with van der Waals surface area (Å²) in [7, 11) is 2.20. The molecule has 0 aromatic heterocycles. The van der Waals surface area contributed by atoms with Crippen LogP contribution >= 0.6 is 0 Å². The first kappa shape index (κ1) is 13.4. The van der Waals surface area contributed by atoms with Crippen molar-refractivity contribution < 1.29 is 4.79 Å². The van der Waals surface area contributed by atoms with Gasteiger partial charge < -0.3 is 9.80 Å². The van der Waals surface area contributed by atoms with Gasteiger partial charge in [-0.25, -0.2) is 0 Å². The smallest absolute Gasteiger partial charge is 0.241 e. The summed E-state index contributed by atoms with van der Waals surface area (Å²) in [5, 5.41) is 3.40. The summed E-state index contributed by atoms with van der Waals surface area (Å²) >= 11 is 0. The number of nitrogens with zero attached hydrogens (tertiary/aromatic N) is 2. The lowest BCUT2D eigenvalue weighted by Gasteiger charge is -2.31. The molecule has 1 amide bonds. The van der Waals surface area contributed by atoms with Crippen molar-refractivity contribution in [2.45, 2.75) is 51.2 Å². The number of hydrogen-bond acceptors (Lipinski definition) is 3. The van der Waals surface area contributed by atoms with E-state index in [1.165, 1.54) is 12.8 Å². The normalized spacial score (nSPS) is 36.4.